The zero-order valence-electron chi connectivity index (χ0n) is 9.31. The first-order valence-electron chi connectivity index (χ1n) is 5.03. The van der Waals surface area contributed by atoms with E-state index >= 15 is 0 Å². The Labute approximate surface area is 98.9 Å². The molecule has 1 heterocycles. The van der Waals surface area contributed by atoms with Crippen LogP contribution in [0.25, 0.3) is 0 Å². The van der Waals surface area contributed by atoms with E-state index in [2.05, 4.69) is 4.98 Å². The lowest BCUT2D eigenvalue weighted by atomic mass is 10.0. The number of aromatic nitrogens is 1. The first-order chi connectivity index (χ1) is 7.72. The highest BCUT2D eigenvalue weighted by atomic mass is 32.1. The molecule has 0 fully saturated rings. The second-order valence-electron chi connectivity index (χ2n) is 3.51. The molecule has 1 atom stereocenters. The minimum absolute atomic E-state index is 0.221. The molecule has 0 spiro atoms. The lowest BCUT2D eigenvalue weighted by Crippen LogP contribution is -2.13. The number of thiazole rings is 1. The molecule has 0 aliphatic rings. The molecule has 4 heteroatoms. The number of nitrogens with two attached hydrogens (primary N) is 1. The normalized spacial score (nSPS) is 12.4. The predicted octanol–water partition coefficient (Wildman–Crippen LogP) is 2.51. The van der Waals surface area contributed by atoms with Gasteiger partial charge < -0.3 is 10.5 Å². The number of nitrogens with zero attached hydrogens (tertiary/aromatic N) is 1. The molecule has 16 heavy (non-hydrogen) atoms. The predicted molar refractivity (Wildman–Crippen MR) is 65.9 cm³/mol. The fourth-order valence-corrected chi connectivity index (χ4v) is 2.25. The number of hydrogen-bond acceptors (Lipinski definition) is 4. The van der Waals surface area contributed by atoms with Gasteiger partial charge in [-0.3, -0.25) is 0 Å². The van der Waals surface area contributed by atoms with Gasteiger partial charge in [0.15, 0.2) is 0 Å². The average Bonchev–Trinajstić information content (AvgIpc) is 2.75. The van der Waals surface area contributed by atoms with Gasteiger partial charge >= 0.3 is 0 Å². The molecule has 0 saturated heterocycles. The van der Waals surface area contributed by atoms with Crippen LogP contribution in [-0.2, 0) is 0 Å². The van der Waals surface area contributed by atoms with E-state index in [1.165, 1.54) is 0 Å². The third-order valence-electron chi connectivity index (χ3n) is 2.43. The van der Waals surface area contributed by atoms with Crippen LogP contribution in [-0.4, -0.2) is 12.1 Å². The van der Waals surface area contributed by atoms with Gasteiger partial charge in [0, 0.05) is 10.9 Å². The lowest BCUT2D eigenvalue weighted by Gasteiger charge is -2.13. The molecule has 0 aliphatic heterocycles. The van der Waals surface area contributed by atoms with Crippen molar-refractivity contribution in [3.05, 3.63) is 45.9 Å². The van der Waals surface area contributed by atoms with Crippen LogP contribution >= 0.6 is 11.3 Å². The second kappa shape index (κ2) is 4.63. The summed E-state index contributed by atoms with van der Waals surface area (Å²) in [7, 11) is 1.65. The molecular formula is C12H14N2OS. The van der Waals surface area contributed by atoms with Crippen molar-refractivity contribution < 1.29 is 4.74 Å². The first kappa shape index (κ1) is 11.1. The van der Waals surface area contributed by atoms with Gasteiger partial charge in [0.25, 0.3) is 0 Å². The number of aryl methyl sites for hydroxylation is 1. The Bertz CT molecular complexity index is 481. The maximum atomic E-state index is 6.17. The summed E-state index contributed by atoms with van der Waals surface area (Å²) in [5.74, 6) is 0.806. The van der Waals surface area contributed by atoms with Crippen LogP contribution in [0.15, 0.2) is 29.6 Å². The molecule has 0 saturated carbocycles. The summed E-state index contributed by atoms with van der Waals surface area (Å²) in [6.45, 7) is 1.98. The molecule has 0 aliphatic carbocycles. The zero-order chi connectivity index (χ0) is 11.5. The minimum Gasteiger partial charge on any atom is -0.496 e. The lowest BCUT2D eigenvalue weighted by molar-refractivity contribution is 0.407. The van der Waals surface area contributed by atoms with Gasteiger partial charge in [-0.1, -0.05) is 18.2 Å². The van der Waals surface area contributed by atoms with E-state index in [1.807, 2.05) is 36.6 Å². The summed E-state index contributed by atoms with van der Waals surface area (Å²) in [4.78, 5) is 4.40. The van der Waals surface area contributed by atoms with Crippen molar-refractivity contribution in [2.45, 2.75) is 13.0 Å². The average molecular weight is 234 g/mol. The van der Waals surface area contributed by atoms with Crippen LogP contribution in [0.3, 0.4) is 0 Å². The van der Waals surface area contributed by atoms with E-state index in [-0.39, 0.29) is 6.04 Å². The molecule has 3 nitrogen and oxygen atoms in total. The van der Waals surface area contributed by atoms with Crippen molar-refractivity contribution in [3.63, 3.8) is 0 Å². The van der Waals surface area contributed by atoms with Crippen LogP contribution in [0.2, 0.25) is 0 Å². The summed E-state index contributed by atoms with van der Waals surface area (Å²) < 4.78 is 5.29. The Kier molecular flexibility index (Phi) is 3.22. The van der Waals surface area contributed by atoms with Crippen LogP contribution in [0, 0.1) is 6.92 Å². The van der Waals surface area contributed by atoms with E-state index in [1.54, 1.807) is 18.4 Å². The number of benzene rings is 1. The maximum absolute atomic E-state index is 6.17. The highest BCUT2D eigenvalue weighted by Crippen LogP contribution is 2.28. The van der Waals surface area contributed by atoms with Crippen LogP contribution in [0.4, 0.5) is 0 Å². The minimum atomic E-state index is -0.221. The van der Waals surface area contributed by atoms with Crippen molar-refractivity contribution in [2.24, 2.45) is 5.73 Å². The summed E-state index contributed by atoms with van der Waals surface area (Å²) in [5, 5.41) is 3.02. The Morgan fingerprint density at radius 3 is 2.75 bits per heavy atom. The van der Waals surface area contributed by atoms with Crippen LogP contribution in [0.1, 0.15) is 22.3 Å². The van der Waals surface area contributed by atoms with Gasteiger partial charge in [-0.15, -0.1) is 11.3 Å². The van der Waals surface area contributed by atoms with Gasteiger partial charge in [0.1, 0.15) is 5.75 Å². The first-order valence-corrected chi connectivity index (χ1v) is 5.91. The van der Waals surface area contributed by atoms with Gasteiger partial charge in [0.05, 0.1) is 23.9 Å². The largest absolute Gasteiger partial charge is 0.496 e. The molecule has 84 valence electrons. The summed E-state index contributed by atoms with van der Waals surface area (Å²) in [6, 6.07) is 7.55. The van der Waals surface area contributed by atoms with E-state index in [4.69, 9.17) is 10.5 Å². The molecule has 0 radical (unpaired) electrons. The fraction of sp³-hybridized carbons (Fsp3) is 0.250. The Balaban J connectivity index is 2.36. The Morgan fingerprint density at radius 2 is 2.12 bits per heavy atom. The van der Waals surface area contributed by atoms with Crippen LogP contribution in [0.5, 0.6) is 5.75 Å². The highest BCUT2D eigenvalue weighted by Gasteiger charge is 2.15. The van der Waals surface area contributed by atoms with E-state index < -0.39 is 0 Å². The smallest absolute Gasteiger partial charge is 0.124 e. The Hall–Kier alpha value is -1.39. The molecule has 0 amide bonds. The highest BCUT2D eigenvalue weighted by molar-refractivity contribution is 7.09. The number of hydrogen-bond donors (Lipinski definition) is 1. The number of para-hydroxylation sites is 1. The molecule has 1 unspecified atom stereocenters. The second-order valence-corrected chi connectivity index (χ2v) is 4.57. The molecule has 2 aromatic rings. The third-order valence-corrected chi connectivity index (χ3v) is 3.22. The standard InChI is InChI=1S/C12H14N2OS/c1-8-14-10(7-16-8)12(13)9-5-3-4-6-11(9)15-2/h3-7,12H,13H2,1-2H3. The molecule has 1 aromatic carbocycles. The van der Waals surface area contributed by atoms with Gasteiger partial charge in [0.2, 0.25) is 0 Å². The molecule has 0 bridgehead atoms. The third kappa shape index (κ3) is 2.08. The van der Waals surface area contributed by atoms with Crippen molar-refractivity contribution in [3.8, 4) is 5.75 Å². The quantitative estimate of drug-likeness (QED) is 0.887. The number of rotatable bonds is 3. The fourth-order valence-electron chi connectivity index (χ4n) is 1.61. The van der Waals surface area contributed by atoms with Gasteiger partial charge in [-0.05, 0) is 13.0 Å². The molecular weight excluding hydrogens is 220 g/mol. The van der Waals surface area contributed by atoms with Gasteiger partial charge in [-0.25, -0.2) is 4.98 Å². The summed E-state index contributed by atoms with van der Waals surface area (Å²) in [5.41, 5.74) is 8.03. The number of methoxy groups -OCH3 is 1. The zero-order valence-corrected chi connectivity index (χ0v) is 10.1. The van der Waals surface area contributed by atoms with E-state index in [0.29, 0.717) is 0 Å². The van der Waals surface area contributed by atoms with Crippen molar-refractivity contribution in [1.29, 1.82) is 0 Å². The molecule has 2 N–H and O–H groups in total. The Morgan fingerprint density at radius 1 is 1.38 bits per heavy atom. The van der Waals surface area contributed by atoms with Gasteiger partial charge in [-0.2, -0.15) is 0 Å². The van der Waals surface area contributed by atoms with Crippen molar-refractivity contribution >= 4 is 11.3 Å². The molecule has 2 rings (SSSR count). The van der Waals surface area contributed by atoms with Crippen molar-refractivity contribution in [1.82, 2.24) is 4.98 Å². The monoisotopic (exact) mass is 234 g/mol. The SMILES string of the molecule is COc1ccccc1C(N)c1csc(C)n1. The van der Waals surface area contributed by atoms with Crippen LogP contribution < -0.4 is 10.5 Å². The maximum Gasteiger partial charge on any atom is 0.124 e. The summed E-state index contributed by atoms with van der Waals surface area (Å²) >= 11 is 1.61. The van der Waals surface area contributed by atoms with E-state index in [0.717, 1.165) is 22.0 Å². The summed E-state index contributed by atoms with van der Waals surface area (Å²) in [6.07, 6.45) is 0. The van der Waals surface area contributed by atoms with Crippen molar-refractivity contribution in [2.75, 3.05) is 7.11 Å². The number of ether oxygens (including phenoxy) is 1. The van der Waals surface area contributed by atoms with E-state index in [9.17, 15) is 0 Å². The molecule has 1 aromatic heterocycles. The topological polar surface area (TPSA) is 48.1 Å².